The SMILES string of the molecule is O=C(O)[C@H]1CCN(Cc2cc(Br)ccc2F)C1. The number of likely N-dealkylation sites (tertiary alicyclic amines) is 1. The third kappa shape index (κ3) is 3.04. The molecular formula is C12H13BrFNO2. The molecule has 0 bridgehead atoms. The summed E-state index contributed by atoms with van der Waals surface area (Å²) in [6.45, 7) is 1.68. The zero-order chi connectivity index (χ0) is 12.4. The Bertz CT molecular complexity index is 439. The summed E-state index contributed by atoms with van der Waals surface area (Å²) < 4.78 is 14.4. The number of nitrogens with zero attached hydrogens (tertiary/aromatic N) is 1. The van der Waals surface area contributed by atoms with E-state index in [0.29, 0.717) is 31.6 Å². The Morgan fingerprint density at radius 1 is 1.59 bits per heavy atom. The van der Waals surface area contributed by atoms with Crippen LogP contribution in [0.1, 0.15) is 12.0 Å². The van der Waals surface area contributed by atoms with Gasteiger partial charge in [-0.3, -0.25) is 9.69 Å². The summed E-state index contributed by atoms with van der Waals surface area (Å²) >= 11 is 3.30. The Hall–Kier alpha value is -0.940. The number of halogens is 2. The third-order valence-corrected chi connectivity index (χ3v) is 3.52. The Morgan fingerprint density at radius 3 is 3.00 bits per heavy atom. The van der Waals surface area contributed by atoms with E-state index < -0.39 is 5.97 Å². The van der Waals surface area contributed by atoms with Crippen molar-refractivity contribution in [2.45, 2.75) is 13.0 Å². The second kappa shape index (κ2) is 5.14. The molecule has 0 unspecified atom stereocenters. The number of carboxylic acids is 1. The Kier molecular flexibility index (Phi) is 3.79. The van der Waals surface area contributed by atoms with Crippen molar-refractivity contribution in [2.24, 2.45) is 5.92 Å². The van der Waals surface area contributed by atoms with Gasteiger partial charge in [-0.25, -0.2) is 4.39 Å². The van der Waals surface area contributed by atoms with E-state index in [-0.39, 0.29) is 11.7 Å². The summed E-state index contributed by atoms with van der Waals surface area (Å²) in [5.74, 6) is -1.32. The van der Waals surface area contributed by atoms with Gasteiger partial charge in [0.2, 0.25) is 0 Å². The second-order valence-corrected chi connectivity index (χ2v) is 5.21. The second-order valence-electron chi connectivity index (χ2n) is 4.29. The van der Waals surface area contributed by atoms with Crippen molar-refractivity contribution < 1.29 is 14.3 Å². The highest BCUT2D eigenvalue weighted by atomic mass is 79.9. The number of carboxylic acid groups (broad SMARTS) is 1. The zero-order valence-corrected chi connectivity index (χ0v) is 10.8. The molecule has 1 aromatic rings. The van der Waals surface area contributed by atoms with Gasteiger partial charge in [0, 0.05) is 23.1 Å². The van der Waals surface area contributed by atoms with Crippen LogP contribution in [0.4, 0.5) is 4.39 Å². The zero-order valence-electron chi connectivity index (χ0n) is 9.20. The maximum atomic E-state index is 13.5. The largest absolute Gasteiger partial charge is 0.481 e. The van der Waals surface area contributed by atoms with Crippen molar-refractivity contribution in [1.82, 2.24) is 4.90 Å². The molecule has 1 fully saturated rings. The van der Waals surface area contributed by atoms with Crippen molar-refractivity contribution in [2.75, 3.05) is 13.1 Å². The quantitative estimate of drug-likeness (QED) is 0.932. The molecule has 0 amide bonds. The lowest BCUT2D eigenvalue weighted by molar-refractivity contribution is -0.141. The van der Waals surface area contributed by atoms with Gasteiger partial charge in [0.1, 0.15) is 5.82 Å². The number of carbonyl (C=O) groups is 1. The van der Waals surface area contributed by atoms with Crippen LogP contribution < -0.4 is 0 Å². The van der Waals surface area contributed by atoms with Gasteiger partial charge < -0.3 is 5.11 Å². The van der Waals surface area contributed by atoms with Crippen molar-refractivity contribution in [3.05, 3.63) is 34.1 Å². The molecule has 1 saturated heterocycles. The van der Waals surface area contributed by atoms with Crippen LogP contribution in [0.15, 0.2) is 22.7 Å². The smallest absolute Gasteiger partial charge is 0.307 e. The number of benzene rings is 1. The van der Waals surface area contributed by atoms with E-state index in [0.717, 1.165) is 4.47 Å². The van der Waals surface area contributed by atoms with Crippen LogP contribution in [0.2, 0.25) is 0 Å². The van der Waals surface area contributed by atoms with Gasteiger partial charge in [-0.1, -0.05) is 15.9 Å². The topological polar surface area (TPSA) is 40.5 Å². The highest BCUT2D eigenvalue weighted by molar-refractivity contribution is 9.10. The molecule has 2 rings (SSSR count). The average molecular weight is 302 g/mol. The number of rotatable bonds is 3. The molecule has 0 saturated carbocycles. The predicted octanol–water partition coefficient (Wildman–Crippen LogP) is 2.49. The van der Waals surface area contributed by atoms with Crippen LogP contribution in [-0.4, -0.2) is 29.1 Å². The normalized spacial score (nSPS) is 20.7. The number of aliphatic carboxylic acids is 1. The lowest BCUT2D eigenvalue weighted by atomic mass is 10.1. The lowest BCUT2D eigenvalue weighted by Gasteiger charge is -2.15. The summed E-state index contributed by atoms with van der Waals surface area (Å²) in [5, 5.41) is 8.89. The predicted molar refractivity (Wildman–Crippen MR) is 65.1 cm³/mol. The molecule has 1 aliphatic rings. The van der Waals surface area contributed by atoms with Gasteiger partial charge in [0.15, 0.2) is 0 Å². The van der Waals surface area contributed by atoms with Gasteiger partial charge in [0.25, 0.3) is 0 Å². The van der Waals surface area contributed by atoms with Crippen LogP contribution in [-0.2, 0) is 11.3 Å². The van der Waals surface area contributed by atoms with E-state index >= 15 is 0 Å². The summed E-state index contributed by atoms with van der Waals surface area (Å²) in [4.78, 5) is 12.8. The lowest BCUT2D eigenvalue weighted by Crippen LogP contribution is -2.23. The molecule has 1 aromatic carbocycles. The third-order valence-electron chi connectivity index (χ3n) is 3.02. The van der Waals surface area contributed by atoms with Gasteiger partial charge in [0.05, 0.1) is 5.92 Å². The first-order valence-corrected chi connectivity index (χ1v) is 6.24. The Labute approximate surface area is 107 Å². The Balaban J connectivity index is 2.02. The van der Waals surface area contributed by atoms with Crippen LogP contribution in [0.3, 0.4) is 0 Å². The van der Waals surface area contributed by atoms with Crippen LogP contribution in [0, 0.1) is 11.7 Å². The molecular weight excluding hydrogens is 289 g/mol. The number of hydrogen-bond donors (Lipinski definition) is 1. The van der Waals surface area contributed by atoms with Gasteiger partial charge >= 0.3 is 5.97 Å². The molecule has 1 heterocycles. The first-order valence-electron chi connectivity index (χ1n) is 5.45. The molecule has 0 radical (unpaired) electrons. The fourth-order valence-corrected chi connectivity index (χ4v) is 2.49. The summed E-state index contributed by atoms with van der Waals surface area (Å²) in [7, 11) is 0. The standard InChI is InChI=1S/C12H13BrFNO2/c13-10-1-2-11(14)9(5-10)7-15-4-3-8(6-15)12(16)17/h1-2,5,8H,3-4,6-7H2,(H,16,17)/t8-/m0/s1. The molecule has 5 heteroatoms. The van der Waals surface area contributed by atoms with E-state index in [1.807, 2.05) is 4.90 Å². The van der Waals surface area contributed by atoms with Gasteiger partial charge in [-0.15, -0.1) is 0 Å². The monoisotopic (exact) mass is 301 g/mol. The first-order chi connectivity index (χ1) is 8.06. The molecule has 0 aliphatic carbocycles. The van der Waals surface area contributed by atoms with Gasteiger partial charge in [-0.2, -0.15) is 0 Å². The molecule has 17 heavy (non-hydrogen) atoms. The first kappa shape index (κ1) is 12.5. The Morgan fingerprint density at radius 2 is 2.35 bits per heavy atom. The minimum absolute atomic E-state index is 0.244. The minimum atomic E-state index is -0.762. The molecule has 1 aliphatic heterocycles. The van der Waals surface area contributed by atoms with Crippen LogP contribution >= 0.6 is 15.9 Å². The van der Waals surface area contributed by atoms with Crippen LogP contribution in [0.25, 0.3) is 0 Å². The summed E-state index contributed by atoms with van der Waals surface area (Å²) in [5.41, 5.74) is 0.602. The van der Waals surface area contributed by atoms with Crippen molar-refractivity contribution in [1.29, 1.82) is 0 Å². The van der Waals surface area contributed by atoms with E-state index in [1.54, 1.807) is 12.1 Å². The summed E-state index contributed by atoms with van der Waals surface area (Å²) in [6.07, 6.45) is 0.644. The number of hydrogen-bond acceptors (Lipinski definition) is 2. The van der Waals surface area contributed by atoms with Gasteiger partial charge in [-0.05, 0) is 31.2 Å². The van der Waals surface area contributed by atoms with E-state index in [9.17, 15) is 9.18 Å². The molecule has 0 spiro atoms. The molecule has 1 N–H and O–H groups in total. The van der Waals surface area contributed by atoms with Crippen molar-refractivity contribution in [3.63, 3.8) is 0 Å². The molecule has 1 atom stereocenters. The average Bonchev–Trinajstić information content (AvgIpc) is 2.72. The molecule has 92 valence electrons. The van der Waals surface area contributed by atoms with Crippen molar-refractivity contribution >= 4 is 21.9 Å². The highest BCUT2D eigenvalue weighted by Crippen LogP contribution is 2.22. The summed E-state index contributed by atoms with van der Waals surface area (Å²) in [6, 6.07) is 4.82. The fraction of sp³-hybridized carbons (Fsp3) is 0.417. The fourth-order valence-electron chi connectivity index (χ4n) is 2.08. The van der Waals surface area contributed by atoms with E-state index in [4.69, 9.17) is 5.11 Å². The maximum absolute atomic E-state index is 13.5. The molecule has 3 nitrogen and oxygen atoms in total. The highest BCUT2D eigenvalue weighted by Gasteiger charge is 2.28. The minimum Gasteiger partial charge on any atom is -0.481 e. The van der Waals surface area contributed by atoms with Crippen LogP contribution in [0.5, 0.6) is 0 Å². The van der Waals surface area contributed by atoms with E-state index in [1.165, 1.54) is 6.07 Å². The van der Waals surface area contributed by atoms with Crippen molar-refractivity contribution in [3.8, 4) is 0 Å². The van der Waals surface area contributed by atoms with E-state index in [2.05, 4.69) is 15.9 Å². The molecule has 0 aromatic heterocycles. The maximum Gasteiger partial charge on any atom is 0.307 e.